The molecule has 4 heterocycles. The molecule has 8 heteroatoms. The molecule has 1 N–H and O–H groups in total. The number of aryl methyl sites for hydroxylation is 1. The second-order valence-electron chi connectivity index (χ2n) is 7.59. The largest absolute Gasteiger partial charge is 0.322 e. The Morgan fingerprint density at radius 3 is 2.72 bits per heavy atom. The summed E-state index contributed by atoms with van der Waals surface area (Å²) in [6.45, 7) is 3.52. The molecule has 0 saturated carbocycles. The number of carbonyl (C=O) groups is 1. The van der Waals surface area contributed by atoms with Crippen LogP contribution < -0.4 is 4.90 Å². The summed E-state index contributed by atoms with van der Waals surface area (Å²) in [4.78, 5) is 31.0. The molecular weight excluding hydrogens is 402 g/mol. The molecule has 158 valence electrons. The molecule has 0 fully saturated rings. The fourth-order valence-corrected chi connectivity index (χ4v) is 3.61. The second kappa shape index (κ2) is 7.73. The predicted molar refractivity (Wildman–Crippen MR) is 123 cm³/mol. The lowest BCUT2D eigenvalue weighted by molar-refractivity contribution is 0.101. The van der Waals surface area contributed by atoms with E-state index in [9.17, 15) is 4.79 Å². The van der Waals surface area contributed by atoms with Crippen molar-refractivity contribution in [1.29, 1.82) is 0 Å². The minimum Gasteiger partial charge on any atom is -0.322 e. The summed E-state index contributed by atoms with van der Waals surface area (Å²) in [7, 11) is 1.91. The Kier molecular flexibility index (Phi) is 4.74. The summed E-state index contributed by atoms with van der Waals surface area (Å²) in [5, 5.41) is 4.25. The van der Waals surface area contributed by atoms with Crippen molar-refractivity contribution in [2.75, 3.05) is 11.9 Å². The van der Waals surface area contributed by atoms with E-state index in [1.54, 1.807) is 11.4 Å². The monoisotopic (exact) mass is 423 g/mol. The molecule has 0 atom stereocenters. The Labute approximate surface area is 184 Å². The third-order valence-corrected chi connectivity index (χ3v) is 5.34. The van der Waals surface area contributed by atoms with Gasteiger partial charge < -0.3 is 9.88 Å². The maximum absolute atomic E-state index is 11.8. The number of aromatic nitrogens is 6. The number of ketones is 1. The number of imidazole rings is 1. The number of carbonyl (C=O) groups excluding carboxylic acids is 1. The van der Waals surface area contributed by atoms with E-state index in [0.29, 0.717) is 11.5 Å². The first-order valence-corrected chi connectivity index (χ1v) is 10.2. The average molecular weight is 423 g/mol. The van der Waals surface area contributed by atoms with Gasteiger partial charge in [-0.2, -0.15) is 5.10 Å². The quantitative estimate of drug-likeness (QED) is 0.420. The van der Waals surface area contributed by atoms with Crippen LogP contribution in [0.5, 0.6) is 0 Å². The summed E-state index contributed by atoms with van der Waals surface area (Å²) >= 11 is 0. The van der Waals surface area contributed by atoms with Crippen molar-refractivity contribution in [3.8, 4) is 22.6 Å². The average Bonchev–Trinajstić information content (AvgIpc) is 3.45. The lowest BCUT2D eigenvalue weighted by Gasteiger charge is -2.16. The summed E-state index contributed by atoms with van der Waals surface area (Å²) in [6.07, 6.45) is 3.42. The highest BCUT2D eigenvalue weighted by atomic mass is 16.1. The number of aromatic amines is 1. The summed E-state index contributed by atoms with van der Waals surface area (Å²) < 4.78 is 1.72. The number of fused-ring (bicyclic) bond motifs is 1. The number of H-pyrrole nitrogens is 1. The van der Waals surface area contributed by atoms with E-state index in [0.717, 1.165) is 39.7 Å². The van der Waals surface area contributed by atoms with Gasteiger partial charge in [0.15, 0.2) is 11.4 Å². The van der Waals surface area contributed by atoms with Crippen LogP contribution in [0.2, 0.25) is 0 Å². The van der Waals surface area contributed by atoms with E-state index in [1.165, 1.54) is 6.33 Å². The number of rotatable bonds is 5. The van der Waals surface area contributed by atoms with Crippen molar-refractivity contribution in [3.05, 3.63) is 78.4 Å². The molecule has 0 aliphatic carbocycles. The molecule has 0 amide bonds. The standard InChI is InChI=1S/C24H21N7O/c1-15-6-4-9-20(27-15)23-22(18-10-11-21-25-14-26-31(21)13-18)28-24(29-23)30(3)19-8-5-7-17(12-19)16(2)32/h4-14H,1-3H3,(H,28,29). The molecule has 0 aliphatic rings. The summed E-state index contributed by atoms with van der Waals surface area (Å²) in [5.41, 5.74) is 6.42. The predicted octanol–water partition coefficient (Wildman–Crippen LogP) is 4.46. The number of anilines is 2. The molecule has 0 radical (unpaired) electrons. The first kappa shape index (κ1) is 19.6. The van der Waals surface area contributed by atoms with Crippen LogP contribution in [0.3, 0.4) is 0 Å². The van der Waals surface area contributed by atoms with Crippen LogP contribution in [-0.2, 0) is 0 Å². The van der Waals surface area contributed by atoms with Crippen LogP contribution in [-0.4, -0.2) is 42.4 Å². The second-order valence-corrected chi connectivity index (χ2v) is 7.59. The molecule has 0 bridgehead atoms. The van der Waals surface area contributed by atoms with Crippen molar-refractivity contribution in [1.82, 2.24) is 29.5 Å². The van der Waals surface area contributed by atoms with E-state index >= 15 is 0 Å². The van der Waals surface area contributed by atoms with Gasteiger partial charge in [0.1, 0.15) is 12.0 Å². The Balaban J connectivity index is 1.65. The van der Waals surface area contributed by atoms with Gasteiger partial charge in [-0.3, -0.25) is 9.78 Å². The Morgan fingerprint density at radius 2 is 1.91 bits per heavy atom. The third-order valence-electron chi connectivity index (χ3n) is 5.34. The van der Waals surface area contributed by atoms with Gasteiger partial charge in [-0.25, -0.2) is 14.5 Å². The first-order chi connectivity index (χ1) is 15.5. The highest BCUT2D eigenvalue weighted by molar-refractivity contribution is 5.95. The van der Waals surface area contributed by atoms with Gasteiger partial charge in [0, 0.05) is 35.8 Å². The van der Waals surface area contributed by atoms with E-state index in [1.807, 2.05) is 79.7 Å². The SMILES string of the molecule is CC(=O)c1cccc(N(C)c2nc(-c3ccc4ncnn4c3)c(-c3cccc(C)n3)[nH]2)c1. The Bertz CT molecular complexity index is 1450. The fraction of sp³-hybridized carbons (Fsp3) is 0.125. The van der Waals surface area contributed by atoms with Gasteiger partial charge in [-0.15, -0.1) is 0 Å². The van der Waals surface area contributed by atoms with Crippen molar-refractivity contribution >= 4 is 23.1 Å². The number of nitrogens with one attached hydrogen (secondary N) is 1. The normalized spacial score (nSPS) is 11.1. The molecule has 0 unspecified atom stereocenters. The van der Waals surface area contributed by atoms with Gasteiger partial charge in [-0.05, 0) is 50.2 Å². The highest BCUT2D eigenvalue weighted by Gasteiger charge is 2.19. The molecule has 0 saturated heterocycles. The Morgan fingerprint density at radius 1 is 1.06 bits per heavy atom. The molecule has 5 rings (SSSR count). The molecular formula is C24H21N7O. The minimum atomic E-state index is 0.0196. The van der Waals surface area contributed by atoms with Crippen molar-refractivity contribution in [2.24, 2.45) is 0 Å². The maximum atomic E-state index is 11.8. The minimum absolute atomic E-state index is 0.0196. The van der Waals surface area contributed by atoms with Gasteiger partial charge in [0.25, 0.3) is 0 Å². The van der Waals surface area contributed by atoms with Crippen LogP contribution >= 0.6 is 0 Å². The Hall–Kier alpha value is -4.33. The zero-order chi connectivity index (χ0) is 22.2. The molecule has 1 aromatic carbocycles. The van der Waals surface area contributed by atoms with Crippen LogP contribution in [0.25, 0.3) is 28.3 Å². The summed E-state index contributed by atoms with van der Waals surface area (Å²) in [5.74, 6) is 0.656. The molecule has 32 heavy (non-hydrogen) atoms. The number of nitrogens with zero attached hydrogens (tertiary/aromatic N) is 6. The van der Waals surface area contributed by atoms with Crippen LogP contribution in [0, 0.1) is 6.92 Å². The van der Waals surface area contributed by atoms with Gasteiger partial charge in [0.2, 0.25) is 5.95 Å². The molecule has 5 aromatic rings. The van der Waals surface area contributed by atoms with E-state index < -0.39 is 0 Å². The highest BCUT2D eigenvalue weighted by Crippen LogP contribution is 2.33. The number of pyridine rings is 2. The number of benzene rings is 1. The summed E-state index contributed by atoms with van der Waals surface area (Å²) in [6, 6.07) is 17.2. The van der Waals surface area contributed by atoms with E-state index in [-0.39, 0.29) is 5.78 Å². The molecule has 0 spiro atoms. The topological polar surface area (TPSA) is 92.1 Å². The molecule has 8 nitrogen and oxygen atoms in total. The lowest BCUT2D eigenvalue weighted by Crippen LogP contribution is -2.11. The van der Waals surface area contributed by atoms with Crippen molar-refractivity contribution in [3.63, 3.8) is 0 Å². The molecule has 4 aromatic heterocycles. The first-order valence-electron chi connectivity index (χ1n) is 10.2. The zero-order valence-corrected chi connectivity index (χ0v) is 17.9. The van der Waals surface area contributed by atoms with E-state index in [2.05, 4.69) is 15.1 Å². The van der Waals surface area contributed by atoms with Crippen molar-refractivity contribution in [2.45, 2.75) is 13.8 Å². The lowest BCUT2D eigenvalue weighted by atomic mass is 10.1. The molecule has 0 aliphatic heterocycles. The zero-order valence-electron chi connectivity index (χ0n) is 17.9. The third kappa shape index (κ3) is 3.51. The van der Waals surface area contributed by atoms with Crippen LogP contribution in [0.1, 0.15) is 23.0 Å². The van der Waals surface area contributed by atoms with E-state index in [4.69, 9.17) is 9.97 Å². The number of hydrogen-bond donors (Lipinski definition) is 1. The van der Waals surface area contributed by atoms with Crippen LogP contribution in [0.15, 0.2) is 67.1 Å². The number of Topliss-reactive ketones (excluding diaryl/α,β-unsaturated/α-hetero) is 1. The van der Waals surface area contributed by atoms with Gasteiger partial charge in [0.05, 0.1) is 11.4 Å². The van der Waals surface area contributed by atoms with Crippen LogP contribution in [0.4, 0.5) is 11.6 Å². The van der Waals surface area contributed by atoms with Crippen molar-refractivity contribution < 1.29 is 4.79 Å². The smallest absolute Gasteiger partial charge is 0.208 e. The van der Waals surface area contributed by atoms with Gasteiger partial charge >= 0.3 is 0 Å². The fourth-order valence-electron chi connectivity index (χ4n) is 3.61. The maximum Gasteiger partial charge on any atom is 0.208 e. The van der Waals surface area contributed by atoms with Gasteiger partial charge in [-0.1, -0.05) is 18.2 Å². The number of hydrogen-bond acceptors (Lipinski definition) is 6.